The average molecular weight is 273 g/mol. The Morgan fingerprint density at radius 1 is 1.16 bits per heavy atom. The van der Waals surface area contributed by atoms with Crippen LogP contribution < -0.4 is 0 Å². The summed E-state index contributed by atoms with van der Waals surface area (Å²) in [5.74, 6) is -0.511. The quantitative estimate of drug-likeness (QED) is 0.692. The first-order chi connectivity index (χ1) is 9.12. The van der Waals surface area contributed by atoms with Crippen molar-refractivity contribution >= 4 is 12.1 Å². The van der Waals surface area contributed by atoms with E-state index < -0.39 is 17.8 Å². The number of nitrogens with zero attached hydrogens (tertiary/aromatic N) is 1. The van der Waals surface area contributed by atoms with Crippen LogP contribution in [0, 0.1) is 0 Å². The van der Waals surface area contributed by atoms with Gasteiger partial charge in [-0.15, -0.1) is 0 Å². The molecule has 0 N–H and O–H groups in total. The maximum atomic E-state index is 12.1. The summed E-state index contributed by atoms with van der Waals surface area (Å²) in [4.78, 5) is 25.5. The van der Waals surface area contributed by atoms with Crippen molar-refractivity contribution in [2.24, 2.45) is 0 Å². The Bertz CT molecular complexity index is 320. The number of likely N-dealkylation sites (tertiary alicyclic amines) is 1. The fourth-order valence-electron chi connectivity index (χ4n) is 2.20. The standard InChI is InChI=1S/C13H23NO5/c1-4-10-18-12(16)14-9-7-8-13(14,19-6-3)11(15)17-5-2/h4-10H2,1-3H3/t13-/m1/s1. The highest BCUT2D eigenvalue weighted by Crippen LogP contribution is 2.32. The number of rotatable bonds is 6. The minimum atomic E-state index is -1.31. The first-order valence-corrected chi connectivity index (χ1v) is 6.87. The van der Waals surface area contributed by atoms with E-state index in [0.29, 0.717) is 32.6 Å². The lowest BCUT2D eigenvalue weighted by Gasteiger charge is -2.34. The molecule has 19 heavy (non-hydrogen) atoms. The summed E-state index contributed by atoms with van der Waals surface area (Å²) in [6.45, 7) is 6.79. The van der Waals surface area contributed by atoms with Crippen molar-refractivity contribution in [3.8, 4) is 0 Å². The van der Waals surface area contributed by atoms with E-state index in [0.717, 1.165) is 6.42 Å². The Labute approximate surface area is 114 Å². The zero-order chi connectivity index (χ0) is 14.3. The van der Waals surface area contributed by atoms with Crippen molar-refractivity contribution in [1.82, 2.24) is 4.90 Å². The van der Waals surface area contributed by atoms with E-state index in [9.17, 15) is 9.59 Å². The molecule has 0 spiro atoms. The van der Waals surface area contributed by atoms with Crippen LogP contribution in [0.5, 0.6) is 0 Å². The maximum Gasteiger partial charge on any atom is 0.412 e. The van der Waals surface area contributed by atoms with Crippen LogP contribution in [0.3, 0.4) is 0 Å². The molecule has 6 heteroatoms. The zero-order valence-corrected chi connectivity index (χ0v) is 11.9. The van der Waals surface area contributed by atoms with Gasteiger partial charge in [-0.05, 0) is 26.7 Å². The summed E-state index contributed by atoms with van der Waals surface area (Å²) in [7, 11) is 0. The normalized spacial score (nSPS) is 22.4. The fraction of sp³-hybridized carbons (Fsp3) is 0.846. The lowest BCUT2D eigenvalue weighted by molar-refractivity contribution is -0.190. The summed E-state index contributed by atoms with van der Waals surface area (Å²) in [6, 6.07) is 0. The van der Waals surface area contributed by atoms with E-state index in [1.807, 2.05) is 6.92 Å². The molecule has 1 aliphatic rings. The summed E-state index contributed by atoms with van der Waals surface area (Å²) < 4.78 is 15.7. The van der Waals surface area contributed by atoms with E-state index in [-0.39, 0.29) is 6.61 Å². The van der Waals surface area contributed by atoms with E-state index in [1.165, 1.54) is 4.90 Å². The number of hydrogen-bond acceptors (Lipinski definition) is 5. The largest absolute Gasteiger partial charge is 0.462 e. The number of carbonyl (C=O) groups excluding carboxylic acids is 2. The fourth-order valence-corrected chi connectivity index (χ4v) is 2.20. The van der Waals surface area contributed by atoms with E-state index in [4.69, 9.17) is 14.2 Å². The number of carbonyl (C=O) groups is 2. The first kappa shape index (κ1) is 15.8. The molecule has 1 rings (SSSR count). The molecule has 0 saturated carbocycles. The zero-order valence-electron chi connectivity index (χ0n) is 11.9. The highest BCUT2D eigenvalue weighted by atomic mass is 16.6. The van der Waals surface area contributed by atoms with Crippen LogP contribution in [0.15, 0.2) is 0 Å². The number of hydrogen-bond donors (Lipinski definition) is 0. The van der Waals surface area contributed by atoms with Crippen molar-refractivity contribution in [3.63, 3.8) is 0 Å². The van der Waals surface area contributed by atoms with Crippen molar-refractivity contribution < 1.29 is 23.8 Å². The minimum absolute atomic E-state index is 0.255. The molecule has 1 saturated heterocycles. The maximum absolute atomic E-state index is 12.1. The average Bonchev–Trinajstić information content (AvgIpc) is 2.82. The molecule has 0 aromatic rings. The number of ether oxygens (including phenoxy) is 3. The molecule has 1 heterocycles. The highest BCUT2D eigenvalue weighted by molar-refractivity contribution is 5.85. The third-order valence-corrected chi connectivity index (χ3v) is 2.96. The summed E-state index contributed by atoms with van der Waals surface area (Å²) in [5, 5.41) is 0. The smallest absolute Gasteiger partial charge is 0.412 e. The first-order valence-electron chi connectivity index (χ1n) is 6.87. The Morgan fingerprint density at radius 2 is 1.89 bits per heavy atom. The number of amides is 1. The predicted molar refractivity (Wildman–Crippen MR) is 68.6 cm³/mol. The van der Waals surface area contributed by atoms with E-state index in [2.05, 4.69) is 0 Å². The van der Waals surface area contributed by atoms with Gasteiger partial charge in [0, 0.05) is 19.6 Å². The summed E-state index contributed by atoms with van der Waals surface area (Å²) >= 11 is 0. The summed E-state index contributed by atoms with van der Waals surface area (Å²) in [6.07, 6.45) is 1.36. The van der Waals surface area contributed by atoms with E-state index in [1.54, 1.807) is 13.8 Å². The van der Waals surface area contributed by atoms with Crippen LogP contribution in [0.25, 0.3) is 0 Å². The van der Waals surface area contributed by atoms with Gasteiger partial charge in [-0.25, -0.2) is 9.59 Å². The molecule has 1 amide bonds. The molecule has 1 atom stereocenters. The van der Waals surface area contributed by atoms with Crippen LogP contribution in [-0.2, 0) is 19.0 Å². The molecule has 0 unspecified atom stereocenters. The SMILES string of the molecule is CCCOC(=O)N1CCC[C@@]1(OCC)C(=O)OCC. The summed E-state index contributed by atoms with van der Waals surface area (Å²) in [5.41, 5.74) is -1.31. The topological polar surface area (TPSA) is 65.1 Å². The molecule has 0 aromatic heterocycles. The predicted octanol–water partition coefficient (Wildman–Crippen LogP) is 1.92. The molecule has 110 valence electrons. The molecule has 1 fully saturated rings. The number of esters is 1. The van der Waals surface area contributed by atoms with Gasteiger partial charge < -0.3 is 14.2 Å². The van der Waals surface area contributed by atoms with Gasteiger partial charge >= 0.3 is 12.1 Å². The second-order valence-corrected chi connectivity index (χ2v) is 4.31. The molecule has 0 aromatic carbocycles. The van der Waals surface area contributed by atoms with Crippen LogP contribution in [0.2, 0.25) is 0 Å². The Hall–Kier alpha value is -1.30. The highest BCUT2D eigenvalue weighted by Gasteiger charge is 2.53. The van der Waals surface area contributed by atoms with Gasteiger partial charge in [0.1, 0.15) is 0 Å². The van der Waals surface area contributed by atoms with E-state index >= 15 is 0 Å². The van der Waals surface area contributed by atoms with Crippen LogP contribution in [0.1, 0.15) is 40.0 Å². The van der Waals surface area contributed by atoms with Gasteiger partial charge in [0.2, 0.25) is 5.72 Å². The lowest BCUT2D eigenvalue weighted by atomic mass is 10.1. The lowest BCUT2D eigenvalue weighted by Crippen LogP contribution is -2.56. The Morgan fingerprint density at radius 3 is 2.47 bits per heavy atom. The van der Waals surface area contributed by atoms with Crippen molar-refractivity contribution in [1.29, 1.82) is 0 Å². The molecule has 6 nitrogen and oxygen atoms in total. The third-order valence-electron chi connectivity index (χ3n) is 2.96. The van der Waals surface area contributed by atoms with Crippen molar-refractivity contribution in [2.45, 2.75) is 45.8 Å². The Balaban J connectivity index is 2.87. The van der Waals surface area contributed by atoms with Gasteiger partial charge in [0.25, 0.3) is 0 Å². The van der Waals surface area contributed by atoms with Crippen LogP contribution in [0.4, 0.5) is 4.79 Å². The molecule has 0 bridgehead atoms. The Kier molecular flexibility index (Phi) is 6.08. The molecule has 1 aliphatic heterocycles. The van der Waals surface area contributed by atoms with Crippen LogP contribution in [-0.4, -0.2) is 49.1 Å². The molecule has 0 aliphatic carbocycles. The molecular weight excluding hydrogens is 250 g/mol. The van der Waals surface area contributed by atoms with Gasteiger partial charge in [-0.1, -0.05) is 6.92 Å². The van der Waals surface area contributed by atoms with Gasteiger partial charge in [0.15, 0.2) is 0 Å². The minimum Gasteiger partial charge on any atom is -0.462 e. The van der Waals surface area contributed by atoms with Crippen molar-refractivity contribution in [2.75, 3.05) is 26.4 Å². The van der Waals surface area contributed by atoms with Gasteiger partial charge in [0.05, 0.1) is 13.2 Å². The van der Waals surface area contributed by atoms with Crippen LogP contribution >= 0.6 is 0 Å². The second kappa shape index (κ2) is 7.33. The van der Waals surface area contributed by atoms with Gasteiger partial charge in [-0.3, -0.25) is 4.90 Å². The third kappa shape index (κ3) is 3.37. The van der Waals surface area contributed by atoms with Gasteiger partial charge in [-0.2, -0.15) is 0 Å². The monoisotopic (exact) mass is 273 g/mol. The second-order valence-electron chi connectivity index (χ2n) is 4.31. The molecule has 0 radical (unpaired) electrons. The molecular formula is C13H23NO5. The van der Waals surface area contributed by atoms with Crippen molar-refractivity contribution in [3.05, 3.63) is 0 Å².